The Labute approximate surface area is 180 Å². The number of aromatic amines is 1. The third-order valence-corrected chi connectivity index (χ3v) is 6.38. The van der Waals surface area contributed by atoms with Gasteiger partial charge in [-0.2, -0.15) is 0 Å². The molecule has 30 heavy (non-hydrogen) atoms. The summed E-state index contributed by atoms with van der Waals surface area (Å²) in [5.41, 5.74) is 4.30. The summed E-state index contributed by atoms with van der Waals surface area (Å²) in [5.74, 6) is 1.44. The van der Waals surface area contributed by atoms with Crippen LogP contribution in [-0.2, 0) is 11.8 Å². The fourth-order valence-electron chi connectivity index (χ4n) is 3.76. The maximum Gasteiger partial charge on any atom is 0.260 e. The van der Waals surface area contributed by atoms with Gasteiger partial charge in [-0.1, -0.05) is 63.2 Å². The lowest BCUT2D eigenvalue weighted by atomic mass is 9.86. The number of H-pyrrole nitrogens is 1. The number of aromatic nitrogens is 2. The highest BCUT2D eigenvalue weighted by atomic mass is 32.1. The number of methoxy groups -OCH3 is 1. The first-order chi connectivity index (χ1) is 14.3. The van der Waals surface area contributed by atoms with Crippen LogP contribution in [-0.4, -0.2) is 17.1 Å². The van der Waals surface area contributed by atoms with E-state index in [4.69, 9.17) is 9.72 Å². The van der Waals surface area contributed by atoms with E-state index in [1.54, 1.807) is 18.4 Å². The average molecular weight is 419 g/mol. The van der Waals surface area contributed by atoms with E-state index < -0.39 is 0 Å². The van der Waals surface area contributed by atoms with Gasteiger partial charge in [0.1, 0.15) is 16.4 Å². The molecule has 0 aliphatic carbocycles. The zero-order valence-electron chi connectivity index (χ0n) is 18.0. The van der Waals surface area contributed by atoms with Crippen molar-refractivity contribution < 1.29 is 4.74 Å². The molecule has 4 rings (SSSR count). The first-order valence-electron chi connectivity index (χ1n) is 10.0. The second-order valence-corrected chi connectivity index (χ2v) is 9.75. The summed E-state index contributed by atoms with van der Waals surface area (Å²) in [6, 6.07) is 16.3. The van der Waals surface area contributed by atoms with Gasteiger partial charge in [0.15, 0.2) is 0 Å². The highest BCUT2D eigenvalue weighted by Gasteiger charge is 2.19. The lowest BCUT2D eigenvalue weighted by Gasteiger charge is -2.19. The van der Waals surface area contributed by atoms with Crippen LogP contribution in [0.2, 0.25) is 0 Å². The molecule has 0 spiro atoms. The molecule has 2 aromatic heterocycles. The molecule has 4 nitrogen and oxygen atoms in total. The number of benzene rings is 2. The van der Waals surface area contributed by atoms with Crippen LogP contribution >= 0.6 is 11.3 Å². The number of hydrogen-bond donors (Lipinski definition) is 1. The summed E-state index contributed by atoms with van der Waals surface area (Å²) < 4.78 is 5.43. The molecule has 154 valence electrons. The van der Waals surface area contributed by atoms with Crippen LogP contribution in [0.15, 0.2) is 53.3 Å². The number of aryl methyl sites for hydroxylation is 1. The number of nitrogens with zero attached hydrogens (tertiary/aromatic N) is 1. The monoisotopic (exact) mass is 418 g/mol. The Morgan fingerprint density at radius 1 is 1.07 bits per heavy atom. The van der Waals surface area contributed by atoms with Crippen LogP contribution in [0.4, 0.5) is 0 Å². The minimum absolute atomic E-state index is 0.0934. The minimum Gasteiger partial charge on any atom is -0.496 e. The first kappa shape index (κ1) is 20.4. The zero-order chi connectivity index (χ0) is 21.5. The highest BCUT2D eigenvalue weighted by Crippen LogP contribution is 2.36. The van der Waals surface area contributed by atoms with E-state index in [1.807, 2.05) is 24.3 Å². The zero-order valence-corrected chi connectivity index (χ0v) is 18.8. The third kappa shape index (κ3) is 3.77. The fourth-order valence-corrected chi connectivity index (χ4v) is 4.83. The van der Waals surface area contributed by atoms with Gasteiger partial charge in [0.05, 0.1) is 12.5 Å². The van der Waals surface area contributed by atoms with Crippen molar-refractivity contribution in [3.8, 4) is 16.9 Å². The van der Waals surface area contributed by atoms with Crippen molar-refractivity contribution >= 4 is 21.6 Å². The predicted octanol–water partition coefficient (Wildman–Crippen LogP) is 5.86. The summed E-state index contributed by atoms with van der Waals surface area (Å²) in [6.07, 6.45) is 0.516. The Kier molecular flexibility index (Phi) is 5.24. The molecular weight excluding hydrogens is 392 g/mol. The Hall–Kier alpha value is -2.92. The summed E-state index contributed by atoms with van der Waals surface area (Å²) in [4.78, 5) is 22.7. The molecule has 0 aliphatic heterocycles. The quantitative estimate of drug-likeness (QED) is 0.452. The topological polar surface area (TPSA) is 55.0 Å². The molecule has 0 bridgehead atoms. The minimum atomic E-state index is -0.0934. The number of thiophene rings is 1. The van der Waals surface area contributed by atoms with Gasteiger partial charge in [-0.25, -0.2) is 4.98 Å². The van der Waals surface area contributed by atoms with Crippen LogP contribution in [0, 0.1) is 6.92 Å². The summed E-state index contributed by atoms with van der Waals surface area (Å²) in [7, 11) is 1.65. The molecule has 0 atom stereocenters. The van der Waals surface area contributed by atoms with Gasteiger partial charge in [0.2, 0.25) is 0 Å². The Morgan fingerprint density at radius 3 is 2.43 bits per heavy atom. The summed E-state index contributed by atoms with van der Waals surface area (Å²) >= 11 is 1.57. The standard InChI is InChI=1S/C25H26N2O2S/c1-15-21(16-10-12-18(13-11-16)25(2,3)4)22-23(28)26-20(27-24(22)30-15)14-17-8-6-7-9-19(17)29-5/h6-13H,14H2,1-5H3,(H,26,27,28). The normalized spacial score (nSPS) is 11.8. The van der Waals surface area contributed by atoms with E-state index in [2.05, 4.69) is 56.9 Å². The molecule has 0 saturated heterocycles. The van der Waals surface area contributed by atoms with Crippen LogP contribution in [0.5, 0.6) is 5.75 Å². The van der Waals surface area contributed by atoms with E-state index in [-0.39, 0.29) is 11.0 Å². The lowest BCUT2D eigenvalue weighted by Crippen LogP contribution is -2.12. The highest BCUT2D eigenvalue weighted by molar-refractivity contribution is 7.19. The van der Waals surface area contributed by atoms with Crippen molar-refractivity contribution in [2.75, 3.05) is 7.11 Å². The largest absolute Gasteiger partial charge is 0.496 e. The Balaban J connectivity index is 1.77. The molecule has 0 unspecified atom stereocenters. The number of fused-ring (bicyclic) bond motifs is 1. The molecule has 1 N–H and O–H groups in total. The van der Waals surface area contributed by atoms with Gasteiger partial charge in [0.25, 0.3) is 5.56 Å². The van der Waals surface area contributed by atoms with Gasteiger partial charge in [-0.05, 0) is 29.5 Å². The SMILES string of the molecule is COc1ccccc1Cc1nc2sc(C)c(-c3ccc(C(C)(C)C)cc3)c2c(=O)[nH]1. The molecule has 2 heterocycles. The Bertz CT molecular complexity index is 1260. The van der Waals surface area contributed by atoms with Gasteiger partial charge < -0.3 is 9.72 Å². The number of hydrogen-bond acceptors (Lipinski definition) is 4. The number of ether oxygens (including phenoxy) is 1. The van der Waals surface area contributed by atoms with Crippen molar-refractivity contribution in [1.82, 2.24) is 9.97 Å². The third-order valence-electron chi connectivity index (χ3n) is 5.38. The molecule has 0 fully saturated rings. The second-order valence-electron chi connectivity index (χ2n) is 8.54. The predicted molar refractivity (Wildman–Crippen MR) is 125 cm³/mol. The number of nitrogens with one attached hydrogen (secondary N) is 1. The molecule has 0 radical (unpaired) electrons. The van der Waals surface area contributed by atoms with Crippen LogP contribution in [0.3, 0.4) is 0 Å². The second kappa shape index (κ2) is 7.73. The molecule has 2 aromatic carbocycles. The van der Waals surface area contributed by atoms with E-state index in [9.17, 15) is 4.79 Å². The fraction of sp³-hybridized carbons (Fsp3) is 0.280. The van der Waals surface area contributed by atoms with Crippen molar-refractivity contribution in [3.05, 3.63) is 80.7 Å². The van der Waals surface area contributed by atoms with Crippen LogP contribution < -0.4 is 10.3 Å². The molecule has 0 amide bonds. The summed E-state index contributed by atoms with van der Waals surface area (Å²) in [6.45, 7) is 8.65. The van der Waals surface area contributed by atoms with Crippen LogP contribution in [0.1, 0.15) is 42.6 Å². The molecule has 0 saturated carbocycles. The molecule has 5 heteroatoms. The van der Waals surface area contributed by atoms with Crippen molar-refractivity contribution in [3.63, 3.8) is 0 Å². The van der Waals surface area contributed by atoms with Crippen molar-refractivity contribution in [1.29, 1.82) is 0 Å². The molecule has 4 aromatic rings. The van der Waals surface area contributed by atoms with Gasteiger partial charge in [0, 0.05) is 22.4 Å². The maximum atomic E-state index is 13.1. The van der Waals surface area contributed by atoms with Crippen molar-refractivity contribution in [2.24, 2.45) is 0 Å². The number of para-hydroxylation sites is 1. The van der Waals surface area contributed by atoms with Gasteiger partial charge in [-0.3, -0.25) is 4.79 Å². The molecule has 0 aliphatic rings. The molecular formula is C25H26N2O2S. The first-order valence-corrected chi connectivity index (χ1v) is 10.8. The van der Waals surface area contributed by atoms with E-state index in [1.165, 1.54) is 5.56 Å². The Morgan fingerprint density at radius 2 is 1.77 bits per heavy atom. The van der Waals surface area contributed by atoms with Crippen LogP contribution in [0.25, 0.3) is 21.3 Å². The van der Waals surface area contributed by atoms with Gasteiger partial charge >= 0.3 is 0 Å². The van der Waals surface area contributed by atoms with E-state index >= 15 is 0 Å². The maximum absolute atomic E-state index is 13.1. The smallest absolute Gasteiger partial charge is 0.260 e. The average Bonchev–Trinajstić information content (AvgIpc) is 3.04. The summed E-state index contributed by atoms with van der Waals surface area (Å²) in [5, 5.41) is 0.671. The van der Waals surface area contributed by atoms with E-state index in [0.717, 1.165) is 32.1 Å². The lowest BCUT2D eigenvalue weighted by molar-refractivity contribution is 0.410. The van der Waals surface area contributed by atoms with Crippen molar-refractivity contribution in [2.45, 2.75) is 39.5 Å². The van der Waals surface area contributed by atoms with E-state index in [0.29, 0.717) is 17.6 Å². The van der Waals surface area contributed by atoms with Gasteiger partial charge in [-0.15, -0.1) is 11.3 Å². The number of rotatable bonds is 4.